The number of nitrogens with zero attached hydrogens (tertiary/aromatic N) is 4. The van der Waals surface area contributed by atoms with Crippen LogP contribution in [0.2, 0.25) is 0 Å². The van der Waals surface area contributed by atoms with Crippen LogP contribution in [-0.4, -0.2) is 66.8 Å². The second-order valence-corrected chi connectivity index (χ2v) is 5.98. The average Bonchev–Trinajstić information content (AvgIpc) is 2.61. The molecule has 0 amide bonds. The molecule has 1 aliphatic heterocycles. The monoisotopic (exact) mass is 320 g/mol. The Morgan fingerprint density at radius 2 is 1.96 bits per heavy atom. The zero-order chi connectivity index (χ0) is 16.7. The van der Waals surface area contributed by atoms with Gasteiger partial charge >= 0.3 is 0 Å². The summed E-state index contributed by atoms with van der Waals surface area (Å²) in [6, 6.07) is 3.72. The van der Waals surface area contributed by atoms with Gasteiger partial charge < -0.3 is 9.64 Å². The quantitative estimate of drug-likeness (QED) is 0.538. The number of piperazine rings is 1. The number of carbonyl (C=O) groups excluding carboxylic acids is 1. The van der Waals surface area contributed by atoms with E-state index in [1.165, 1.54) is 0 Å². The van der Waals surface area contributed by atoms with Crippen molar-refractivity contribution in [3.8, 4) is 0 Å². The lowest BCUT2D eigenvalue weighted by molar-refractivity contribution is 0.0921. The maximum Gasteiger partial charge on any atom is 0.185 e. The third kappa shape index (κ3) is 4.97. The number of ether oxygens (including phenoxy) is 1. The van der Waals surface area contributed by atoms with Gasteiger partial charge in [-0.15, -0.1) is 10.2 Å². The van der Waals surface area contributed by atoms with Crippen molar-refractivity contribution in [1.82, 2.24) is 15.1 Å². The fraction of sp³-hybridized carbons (Fsp3) is 0.706. The molecule has 0 N–H and O–H groups in total. The van der Waals surface area contributed by atoms with E-state index in [2.05, 4.69) is 20.0 Å². The second-order valence-electron chi connectivity index (χ2n) is 5.98. The van der Waals surface area contributed by atoms with E-state index in [0.29, 0.717) is 5.69 Å². The number of aromatic nitrogens is 2. The SMILES string of the molecule is CCOCCN1CCN(c2ccc(C(=O)C(C)CC)nn2)CC1. The van der Waals surface area contributed by atoms with Gasteiger partial charge in [-0.3, -0.25) is 9.69 Å². The lowest BCUT2D eigenvalue weighted by Gasteiger charge is -2.35. The summed E-state index contributed by atoms with van der Waals surface area (Å²) in [5, 5.41) is 8.38. The molecule has 0 aromatic carbocycles. The molecule has 1 aromatic rings. The predicted octanol–water partition coefficient (Wildman–Crippen LogP) is 1.86. The van der Waals surface area contributed by atoms with E-state index in [-0.39, 0.29) is 11.7 Å². The summed E-state index contributed by atoms with van der Waals surface area (Å²) < 4.78 is 5.40. The highest BCUT2D eigenvalue weighted by Crippen LogP contribution is 2.15. The minimum Gasteiger partial charge on any atom is -0.380 e. The molecule has 6 nitrogen and oxygen atoms in total. The Hall–Kier alpha value is -1.53. The van der Waals surface area contributed by atoms with Crippen molar-refractivity contribution < 1.29 is 9.53 Å². The Morgan fingerprint density at radius 1 is 1.22 bits per heavy atom. The van der Waals surface area contributed by atoms with E-state index in [1.54, 1.807) is 6.07 Å². The Morgan fingerprint density at radius 3 is 2.52 bits per heavy atom. The molecule has 1 aromatic heterocycles. The molecule has 2 heterocycles. The summed E-state index contributed by atoms with van der Waals surface area (Å²) >= 11 is 0. The van der Waals surface area contributed by atoms with Crippen molar-refractivity contribution in [2.45, 2.75) is 27.2 Å². The fourth-order valence-electron chi connectivity index (χ4n) is 2.60. The molecule has 1 saturated heterocycles. The number of ketones is 1. The van der Waals surface area contributed by atoms with Gasteiger partial charge in [-0.25, -0.2) is 0 Å². The van der Waals surface area contributed by atoms with Crippen molar-refractivity contribution in [3.05, 3.63) is 17.8 Å². The molecular weight excluding hydrogens is 292 g/mol. The minimum absolute atomic E-state index is 0.00374. The number of anilines is 1. The first-order valence-electron chi connectivity index (χ1n) is 8.58. The topological polar surface area (TPSA) is 58.6 Å². The number of rotatable bonds is 8. The molecule has 0 aliphatic carbocycles. The molecule has 2 rings (SSSR count). The molecule has 128 valence electrons. The van der Waals surface area contributed by atoms with Gasteiger partial charge in [-0.2, -0.15) is 0 Å². The van der Waals surface area contributed by atoms with Crippen LogP contribution in [0.25, 0.3) is 0 Å². The minimum atomic E-state index is 0.00374. The van der Waals surface area contributed by atoms with Gasteiger partial charge in [0.2, 0.25) is 0 Å². The summed E-state index contributed by atoms with van der Waals surface area (Å²) in [5.41, 5.74) is 0.471. The summed E-state index contributed by atoms with van der Waals surface area (Å²) in [4.78, 5) is 16.7. The van der Waals surface area contributed by atoms with Gasteiger partial charge in [0.25, 0.3) is 0 Å². The molecule has 23 heavy (non-hydrogen) atoms. The lowest BCUT2D eigenvalue weighted by Crippen LogP contribution is -2.47. The lowest BCUT2D eigenvalue weighted by atomic mass is 10.0. The van der Waals surface area contributed by atoms with Crippen LogP contribution in [0.1, 0.15) is 37.7 Å². The molecule has 1 unspecified atom stereocenters. The Balaban J connectivity index is 1.85. The molecule has 0 saturated carbocycles. The standard InChI is InChI=1S/C17H28N4O2/c1-4-14(3)17(22)15-6-7-16(19-18-15)21-10-8-20(9-11-21)12-13-23-5-2/h6-7,14H,4-5,8-13H2,1-3H3. The average molecular weight is 320 g/mol. The normalized spacial score (nSPS) is 17.3. The number of Topliss-reactive ketones (excluding diaryl/α,β-unsaturated/α-hetero) is 1. The fourth-order valence-corrected chi connectivity index (χ4v) is 2.60. The highest BCUT2D eigenvalue weighted by Gasteiger charge is 2.19. The van der Waals surface area contributed by atoms with Gasteiger partial charge in [0.15, 0.2) is 11.6 Å². The molecule has 6 heteroatoms. The van der Waals surface area contributed by atoms with E-state index < -0.39 is 0 Å². The smallest absolute Gasteiger partial charge is 0.185 e. The Bertz CT molecular complexity index is 484. The van der Waals surface area contributed by atoms with Crippen LogP contribution in [0.3, 0.4) is 0 Å². The van der Waals surface area contributed by atoms with Gasteiger partial charge in [0.05, 0.1) is 6.61 Å². The molecule has 0 bridgehead atoms. The van der Waals surface area contributed by atoms with Crippen molar-refractivity contribution >= 4 is 11.6 Å². The van der Waals surface area contributed by atoms with E-state index in [4.69, 9.17) is 4.74 Å². The van der Waals surface area contributed by atoms with E-state index in [9.17, 15) is 4.79 Å². The van der Waals surface area contributed by atoms with Gasteiger partial charge in [0.1, 0.15) is 5.69 Å². The molecule has 0 radical (unpaired) electrons. The zero-order valence-electron chi connectivity index (χ0n) is 14.5. The molecule has 1 aliphatic rings. The number of hydrogen-bond donors (Lipinski definition) is 0. The first kappa shape index (κ1) is 17.8. The van der Waals surface area contributed by atoms with Gasteiger partial charge in [-0.05, 0) is 25.5 Å². The van der Waals surface area contributed by atoms with Crippen LogP contribution in [0.15, 0.2) is 12.1 Å². The summed E-state index contributed by atoms with van der Waals surface area (Å²) in [6.07, 6.45) is 0.825. The van der Waals surface area contributed by atoms with E-state index in [0.717, 1.165) is 58.2 Å². The maximum absolute atomic E-state index is 12.1. The number of hydrogen-bond acceptors (Lipinski definition) is 6. The Labute approximate surface area is 138 Å². The van der Waals surface area contributed by atoms with Crippen LogP contribution < -0.4 is 4.90 Å². The molecule has 1 fully saturated rings. The Kier molecular flexibility index (Phi) is 6.92. The third-order valence-corrected chi connectivity index (χ3v) is 4.42. The third-order valence-electron chi connectivity index (χ3n) is 4.42. The van der Waals surface area contributed by atoms with Gasteiger partial charge in [0, 0.05) is 45.2 Å². The summed E-state index contributed by atoms with van der Waals surface area (Å²) in [6.45, 7) is 12.4. The van der Waals surface area contributed by atoms with Crippen molar-refractivity contribution in [2.75, 3.05) is 50.8 Å². The predicted molar refractivity (Wildman–Crippen MR) is 91.0 cm³/mol. The van der Waals surface area contributed by atoms with Crippen LogP contribution in [0.4, 0.5) is 5.82 Å². The van der Waals surface area contributed by atoms with Crippen LogP contribution >= 0.6 is 0 Å². The van der Waals surface area contributed by atoms with Crippen LogP contribution in [-0.2, 0) is 4.74 Å². The van der Waals surface area contributed by atoms with Crippen molar-refractivity contribution in [1.29, 1.82) is 0 Å². The van der Waals surface area contributed by atoms with Gasteiger partial charge in [-0.1, -0.05) is 13.8 Å². The highest BCUT2D eigenvalue weighted by molar-refractivity contribution is 5.95. The first-order chi connectivity index (χ1) is 11.2. The van der Waals surface area contributed by atoms with Crippen molar-refractivity contribution in [2.24, 2.45) is 5.92 Å². The van der Waals surface area contributed by atoms with Crippen LogP contribution in [0, 0.1) is 5.92 Å². The summed E-state index contributed by atoms with van der Waals surface area (Å²) in [7, 11) is 0. The maximum atomic E-state index is 12.1. The molecule has 0 spiro atoms. The van der Waals surface area contributed by atoms with E-state index >= 15 is 0 Å². The highest BCUT2D eigenvalue weighted by atomic mass is 16.5. The second kappa shape index (κ2) is 8.93. The van der Waals surface area contributed by atoms with E-state index in [1.807, 2.05) is 26.8 Å². The zero-order valence-corrected chi connectivity index (χ0v) is 14.5. The summed E-state index contributed by atoms with van der Waals surface area (Å²) in [5.74, 6) is 0.937. The van der Waals surface area contributed by atoms with Crippen molar-refractivity contribution in [3.63, 3.8) is 0 Å². The van der Waals surface area contributed by atoms with Crippen LogP contribution in [0.5, 0.6) is 0 Å². The first-order valence-corrected chi connectivity index (χ1v) is 8.58. The largest absolute Gasteiger partial charge is 0.380 e. The molecule has 1 atom stereocenters. The number of carbonyl (C=O) groups is 1. The molecular formula is C17H28N4O2.